The average molecular weight is 369 g/mol. The molecule has 1 amide bonds. The lowest BCUT2D eigenvalue weighted by molar-refractivity contribution is 0.0387. The summed E-state index contributed by atoms with van der Waals surface area (Å²) in [5.74, 6) is 0.536. The van der Waals surface area contributed by atoms with Crippen LogP contribution in [0.3, 0.4) is 0 Å². The van der Waals surface area contributed by atoms with Crippen LogP contribution < -0.4 is 0 Å². The normalized spacial score (nSPS) is 20.8. The standard InChI is InChI=1S/C20H27N5O2/c1-14-3-2-4-16(21-14)12-24-8-9-25(13-17(24)7-10-26)20(27)19-11-18(22-23-19)15-5-6-15/h2-4,11,15,17,26H,5-10,12-13H2,1H3,(H,22,23)/t17-/m0/s1. The lowest BCUT2D eigenvalue weighted by Crippen LogP contribution is -2.54. The summed E-state index contributed by atoms with van der Waals surface area (Å²) < 4.78 is 0. The number of hydrogen-bond acceptors (Lipinski definition) is 5. The number of nitrogens with one attached hydrogen (secondary N) is 1. The summed E-state index contributed by atoms with van der Waals surface area (Å²) in [6, 6.07) is 8.07. The maximum atomic E-state index is 12.9. The molecule has 27 heavy (non-hydrogen) atoms. The van der Waals surface area contributed by atoms with Crippen molar-refractivity contribution >= 4 is 5.91 Å². The van der Waals surface area contributed by atoms with Crippen LogP contribution in [0.2, 0.25) is 0 Å². The van der Waals surface area contributed by atoms with Gasteiger partial charge in [-0.1, -0.05) is 6.07 Å². The van der Waals surface area contributed by atoms with Crippen molar-refractivity contribution in [1.82, 2.24) is 25.0 Å². The first-order valence-corrected chi connectivity index (χ1v) is 9.76. The van der Waals surface area contributed by atoms with Crippen LogP contribution in [-0.2, 0) is 6.54 Å². The predicted octanol–water partition coefficient (Wildman–Crippen LogP) is 1.70. The number of aryl methyl sites for hydroxylation is 1. The maximum Gasteiger partial charge on any atom is 0.274 e. The molecule has 0 aromatic carbocycles. The second kappa shape index (κ2) is 7.78. The van der Waals surface area contributed by atoms with Crippen LogP contribution in [0.5, 0.6) is 0 Å². The molecular formula is C20H27N5O2. The van der Waals surface area contributed by atoms with Crippen molar-refractivity contribution in [2.45, 2.75) is 44.7 Å². The highest BCUT2D eigenvalue weighted by molar-refractivity contribution is 5.92. The van der Waals surface area contributed by atoms with Crippen LogP contribution in [0.15, 0.2) is 24.3 Å². The first-order valence-electron chi connectivity index (χ1n) is 9.76. The van der Waals surface area contributed by atoms with Crippen molar-refractivity contribution in [1.29, 1.82) is 0 Å². The summed E-state index contributed by atoms with van der Waals surface area (Å²) in [5.41, 5.74) is 3.62. The Morgan fingerprint density at radius 3 is 2.93 bits per heavy atom. The second-order valence-electron chi connectivity index (χ2n) is 7.64. The number of rotatable bonds is 6. The molecule has 1 aliphatic heterocycles. The third kappa shape index (κ3) is 4.20. The van der Waals surface area contributed by atoms with Gasteiger partial charge in [0.15, 0.2) is 0 Å². The minimum absolute atomic E-state index is 0.0191. The molecule has 1 aliphatic carbocycles. The number of aromatic nitrogens is 3. The number of H-pyrrole nitrogens is 1. The number of aliphatic hydroxyl groups excluding tert-OH is 1. The summed E-state index contributed by atoms with van der Waals surface area (Å²) in [5, 5.41) is 16.7. The van der Waals surface area contributed by atoms with Gasteiger partial charge in [0.05, 0.1) is 5.69 Å². The molecule has 4 rings (SSSR count). The number of pyridine rings is 1. The number of carbonyl (C=O) groups excluding carboxylic acids is 1. The molecule has 0 bridgehead atoms. The minimum atomic E-state index is -0.0191. The lowest BCUT2D eigenvalue weighted by Gasteiger charge is -2.41. The van der Waals surface area contributed by atoms with Crippen molar-refractivity contribution in [3.8, 4) is 0 Å². The number of hydrogen-bond donors (Lipinski definition) is 2. The fraction of sp³-hybridized carbons (Fsp3) is 0.550. The molecule has 1 saturated carbocycles. The van der Waals surface area contributed by atoms with E-state index in [2.05, 4.69) is 20.1 Å². The maximum absolute atomic E-state index is 12.9. The smallest absolute Gasteiger partial charge is 0.274 e. The van der Waals surface area contributed by atoms with E-state index in [9.17, 15) is 9.90 Å². The Labute approximate surface area is 159 Å². The minimum Gasteiger partial charge on any atom is -0.396 e. The van der Waals surface area contributed by atoms with Crippen molar-refractivity contribution in [2.24, 2.45) is 0 Å². The van der Waals surface area contributed by atoms with Gasteiger partial charge in [-0.05, 0) is 44.4 Å². The fourth-order valence-corrected chi connectivity index (χ4v) is 3.82. The Morgan fingerprint density at radius 1 is 1.33 bits per heavy atom. The Bertz CT molecular complexity index is 801. The van der Waals surface area contributed by atoms with Gasteiger partial charge in [0.1, 0.15) is 5.69 Å². The van der Waals surface area contributed by atoms with Crippen LogP contribution in [0.1, 0.15) is 52.8 Å². The lowest BCUT2D eigenvalue weighted by atomic mass is 10.1. The quantitative estimate of drug-likeness (QED) is 0.810. The van der Waals surface area contributed by atoms with Crippen LogP contribution in [0, 0.1) is 6.92 Å². The summed E-state index contributed by atoms with van der Waals surface area (Å²) in [6.07, 6.45) is 3.00. The molecular weight excluding hydrogens is 342 g/mol. The van der Waals surface area contributed by atoms with E-state index in [0.717, 1.165) is 30.2 Å². The summed E-state index contributed by atoms with van der Waals surface area (Å²) in [4.78, 5) is 21.6. The van der Waals surface area contributed by atoms with Crippen LogP contribution in [0.4, 0.5) is 0 Å². The third-order valence-corrected chi connectivity index (χ3v) is 5.50. The van der Waals surface area contributed by atoms with Gasteiger partial charge < -0.3 is 10.0 Å². The highest BCUT2D eigenvalue weighted by atomic mass is 16.3. The van der Waals surface area contributed by atoms with Gasteiger partial charge in [-0.2, -0.15) is 5.10 Å². The first-order chi connectivity index (χ1) is 13.1. The molecule has 144 valence electrons. The summed E-state index contributed by atoms with van der Waals surface area (Å²) in [6.45, 7) is 4.88. The Morgan fingerprint density at radius 2 is 2.19 bits per heavy atom. The number of piperazine rings is 1. The monoisotopic (exact) mass is 369 g/mol. The molecule has 7 nitrogen and oxygen atoms in total. The molecule has 2 aromatic heterocycles. The average Bonchev–Trinajstić information content (AvgIpc) is 3.40. The van der Waals surface area contributed by atoms with Gasteiger partial charge in [-0.3, -0.25) is 19.8 Å². The number of carbonyl (C=O) groups is 1. The van der Waals surface area contributed by atoms with E-state index in [-0.39, 0.29) is 18.6 Å². The summed E-state index contributed by atoms with van der Waals surface area (Å²) >= 11 is 0. The fourth-order valence-electron chi connectivity index (χ4n) is 3.82. The molecule has 1 saturated heterocycles. The molecule has 2 aromatic rings. The van der Waals surface area contributed by atoms with Gasteiger partial charge in [0.25, 0.3) is 5.91 Å². The number of amides is 1. The molecule has 0 unspecified atom stereocenters. The summed E-state index contributed by atoms with van der Waals surface area (Å²) in [7, 11) is 0. The molecule has 2 aliphatic rings. The molecule has 0 spiro atoms. The number of aliphatic hydroxyl groups is 1. The van der Waals surface area contributed by atoms with Crippen molar-refractivity contribution in [3.05, 3.63) is 47.0 Å². The SMILES string of the molecule is Cc1cccc(CN2CCN(C(=O)c3cc(C4CC4)[nH]n3)C[C@@H]2CCO)n1. The molecule has 1 atom stereocenters. The second-order valence-corrected chi connectivity index (χ2v) is 7.64. The highest BCUT2D eigenvalue weighted by Gasteiger charge is 2.32. The van der Waals surface area contributed by atoms with E-state index in [4.69, 9.17) is 0 Å². The van der Waals surface area contributed by atoms with Crippen molar-refractivity contribution in [2.75, 3.05) is 26.2 Å². The zero-order chi connectivity index (χ0) is 18.8. The topological polar surface area (TPSA) is 85.4 Å². The molecule has 0 radical (unpaired) electrons. The van der Waals surface area contributed by atoms with Crippen molar-refractivity contribution < 1.29 is 9.90 Å². The molecule has 2 fully saturated rings. The Hall–Kier alpha value is -2.25. The van der Waals surface area contributed by atoms with E-state index in [1.54, 1.807) is 0 Å². The van der Waals surface area contributed by atoms with Gasteiger partial charge >= 0.3 is 0 Å². The molecule has 3 heterocycles. The third-order valence-electron chi connectivity index (χ3n) is 5.50. The van der Waals surface area contributed by atoms with Gasteiger partial charge in [0.2, 0.25) is 0 Å². The Balaban J connectivity index is 1.42. The zero-order valence-corrected chi connectivity index (χ0v) is 15.8. The van der Waals surface area contributed by atoms with E-state index in [1.807, 2.05) is 36.1 Å². The van der Waals surface area contributed by atoms with Gasteiger partial charge in [-0.15, -0.1) is 0 Å². The van der Waals surface area contributed by atoms with E-state index in [0.29, 0.717) is 31.1 Å². The van der Waals surface area contributed by atoms with Crippen LogP contribution in [-0.4, -0.2) is 68.3 Å². The first kappa shape index (κ1) is 18.1. The predicted molar refractivity (Wildman–Crippen MR) is 101 cm³/mol. The largest absolute Gasteiger partial charge is 0.396 e. The molecule has 2 N–H and O–H groups in total. The van der Waals surface area contributed by atoms with E-state index >= 15 is 0 Å². The highest BCUT2D eigenvalue weighted by Crippen LogP contribution is 2.39. The van der Waals surface area contributed by atoms with Crippen LogP contribution >= 0.6 is 0 Å². The van der Waals surface area contributed by atoms with E-state index < -0.39 is 0 Å². The van der Waals surface area contributed by atoms with Gasteiger partial charge in [-0.25, -0.2) is 0 Å². The Kier molecular flexibility index (Phi) is 5.22. The van der Waals surface area contributed by atoms with Crippen molar-refractivity contribution in [3.63, 3.8) is 0 Å². The zero-order valence-electron chi connectivity index (χ0n) is 15.8. The number of nitrogens with zero attached hydrogens (tertiary/aromatic N) is 4. The number of aromatic amines is 1. The van der Waals surface area contributed by atoms with E-state index in [1.165, 1.54) is 12.8 Å². The van der Waals surface area contributed by atoms with Gasteiger partial charge in [0, 0.05) is 56.1 Å². The van der Waals surface area contributed by atoms with Crippen LogP contribution in [0.25, 0.3) is 0 Å². The molecule has 7 heteroatoms.